The Balaban J connectivity index is 2.20. The zero-order valence-corrected chi connectivity index (χ0v) is 13.6. The first-order chi connectivity index (χ1) is 10.3. The molecule has 0 bridgehead atoms. The molecule has 1 rings (SSSR count). The average Bonchev–Trinajstić information content (AvgIpc) is 2.42. The molecule has 6 heteroatoms. The molecule has 0 radical (unpaired) electrons. The molecule has 0 heterocycles. The van der Waals surface area contributed by atoms with Crippen LogP contribution in [-0.2, 0) is 9.59 Å². The molecule has 0 aliphatic carbocycles. The highest BCUT2D eigenvalue weighted by atomic mass is 16.5. The third-order valence-corrected chi connectivity index (χ3v) is 2.59. The van der Waals surface area contributed by atoms with Gasteiger partial charge in [-0.15, -0.1) is 0 Å². The number of carbonyl (C=O) groups excluding carboxylic acids is 2. The second kappa shape index (κ2) is 8.26. The van der Waals surface area contributed by atoms with Crippen LogP contribution in [0.2, 0.25) is 0 Å². The van der Waals surface area contributed by atoms with Gasteiger partial charge in [-0.25, -0.2) is 0 Å². The fourth-order valence-electron chi connectivity index (χ4n) is 1.70. The number of nitrogens with one attached hydrogen (secondary N) is 2. The molecule has 0 aliphatic heterocycles. The number of amides is 2. The van der Waals surface area contributed by atoms with Crippen molar-refractivity contribution in [1.29, 1.82) is 0 Å². The number of benzene rings is 1. The van der Waals surface area contributed by atoms with Crippen molar-refractivity contribution >= 4 is 11.8 Å². The van der Waals surface area contributed by atoms with Crippen LogP contribution >= 0.6 is 0 Å². The number of hydrogen-bond acceptors (Lipinski definition) is 4. The highest BCUT2D eigenvalue weighted by Gasteiger charge is 2.16. The summed E-state index contributed by atoms with van der Waals surface area (Å²) in [6.45, 7) is 6.27. The minimum absolute atomic E-state index is 0.181. The summed E-state index contributed by atoms with van der Waals surface area (Å²) in [6.07, 6.45) is -0.181. The lowest BCUT2D eigenvalue weighted by molar-refractivity contribution is -0.130. The maximum absolute atomic E-state index is 11.6. The molecule has 22 heavy (non-hydrogen) atoms. The first-order valence-corrected chi connectivity index (χ1v) is 7.15. The quantitative estimate of drug-likeness (QED) is 0.591. The summed E-state index contributed by atoms with van der Waals surface area (Å²) in [6, 6.07) is 7.17. The third-order valence-electron chi connectivity index (χ3n) is 2.59. The van der Waals surface area contributed by atoms with E-state index in [1.165, 1.54) is 0 Å². The molecule has 2 N–H and O–H groups in total. The van der Waals surface area contributed by atoms with Crippen LogP contribution in [0.3, 0.4) is 0 Å². The van der Waals surface area contributed by atoms with Gasteiger partial charge in [-0.05, 0) is 45.0 Å². The number of methoxy groups -OCH3 is 1. The van der Waals surface area contributed by atoms with Crippen LogP contribution in [0.1, 0.15) is 27.2 Å². The largest absolute Gasteiger partial charge is 0.497 e. The predicted molar refractivity (Wildman–Crippen MR) is 84.0 cm³/mol. The third kappa shape index (κ3) is 7.52. The zero-order chi connectivity index (χ0) is 16.6. The SMILES string of the molecule is COc1ccc(OCCNC(=O)CC(=O)NC(C)(C)C)cc1. The smallest absolute Gasteiger partial charge is 0.229 e. The Morgan fingerprint density at radius 2 is 1.64 bits per heavy atom. The number of rotatable bonds is 7. The highest BCUT2D eigenvalue weighted by molar-refractivity contribution is 5.97. The van der Waals surface area contributed by atoms with E-state index in [2.05, 4.69) is 10.6 Å². The van der Waals surface area contributed by atoms with E-state index in [9.17, 15) is 9.59 Å². The van der Waals surface area contributed by atoms with Gasteiger partial charge < -0.3 is 20.1 Å². The lowest BCUT2D eigenvalue weighted by Crippen LogP contribution is -2.43. The van der Waals surface area contributed by atoms with Crippen molar-refractivity contribution in [2.45, 2.75) is 32.7 Å². The first kappa shape index (κ1) is 17.8. The molecular formula is C16H24N2O4. The molecule has 0 unspecified atom stereocenters. The van der Waals surface area contributed by atoms with Crippen LogP contribution < -0.4 is 20.1 Å². The Labute approximate surface area is 131 Å². The Kier molecular flexibility index (Phi) is 6.69. The van der Waals surface area contributed by atoms with E-state index in [1.54, 1.807) is 31.4 Å². The predicted octanol–water partition coefficient (Wildman–Crippen LogP) is 1.49. The van der Waals surface area contributed by atoms with Gasteiger partial charge in [-0.2, -0.15) is 0 Å². The summed E-state index contributed by atoms with van der Waals surface area (Å²) in [7, 11) is 1.60. The molecule has 0 fully saturated rings. The lowest BCUT2D eigenvalue weighted by atomic mass is 10.1. The van der Waals surface area contributed by atoms with Crippen molar-refractivity contribution in [2.24, 2.45) is 0 Å². The highest BCUT2D eigenvalue weighted by Crippen LogP contribution is 2.16. The summed E-state index contributed by atoms with van der Waals surface area (Å²) >= 11 is 0. The molecule has 0 saturated heterocycles. The van der Waals surface area contributed by atoms with Gasteiger partial charge in [0.2, 0.25) is 11.8 Å². The molecule has 0 spiro atoms. The fourth-order valence-corrected chi connectivity index (χ4v) is 1.70. The Hall–Kier alpha value is -2.24. The summed E-state index contributed by atoms with van der Waals surface area (Å²) in [4.78, 5) is 23.2. The van der Waals surface area contributed by atoms with Crippen LogP contribution in [0.5, 0.6) is 11.5 Å². The van der Waals surface area contributed by atoms with Crippen LogP contribution in [0.15, 0.2) is 24.3 Å². The van der Waals surface area contributed by atoms with E-state index in [0.29, 0.717) is 18.9 Å². The molecule has 1 aromatic carbocycles. The van der Waals surface area contributed by atoms with Crippen LogP contribution in [-0.4, -0.2) is 37.6 Å². The van der Waals surface area contributed by atoms with Crippen molar-refractivity contribution < 1.29 is 19.1 Å². The van der Waals surface area contributed by atoms with E-state index in [-0.39, 0.29) is 23.8 Å². The van der Waals surface area contributed by atoms with Gasteiger partial charge in [-0.1, -0.05) is 0 Å². The van der Waals surface area contributed by atoms with E-state index < -0.39 is 0 Å². The number of carbonyl (C=O) groups is 2. The fraction of sp³-hybridized carbons (Fsp3) is 0.500. The Morgan fingerprint density at radius 3 is 2.18 bits per heavy atom. The maximum Gasteiger partial charge on any atom is 0.229 e. The second-order valence-electron chi connectivity index (χ2n) is 5.85. The van der Waals surface area contributed by atoms with Crippen molar-refractivity contribution in [3.63, 3.8) is 0 Å². The normalized spacial score (nSPS) is 10.7. The molecule has 2 amide bonds. The zero-order valence-electron chi connectivity index (χ0n) is 13.6. The van der Waals surface area contributed by atoms with Crippen LogP contribution in [0.25, 0.3) is 0 Å². The number of hydrogen-bond donors (Lipinski definition) is 2. The molecule has 6 nitrogen and oxygen atoms in total. The van der Waals surface area contributed by atoms with E-state index in [1.807, 2.05) is 20.8 Å². The van der Waals surface area contributed by atoms with Gasteiger partial charge in [0.15, 0.2) is 0 Å². The summed E-state index contributed by atoms with van der Waals surface area (Å²) < 4.78 is 10.5. The van der Waals surface area contributed by atoms with Gasteiger partial charge in [0.05, 0.1) is 13.7 Å². The van der Waals surface area contributed by atoms with Gasteiger partial charge >= 0.3 is 0 Å². The molecule has 122 valence electrons. The van der Waals surface area contributed by atoms with Gasteiger partial charge in [0.1, 0.15) is 24.5 Å². The summed E-state index contributed by atoms with van der Waals surface area (Å²) in [5.41, 5.74) is -0.338. The van der Waals surface area contributed by atoms with Crippen LogP contribution in [0.4, 0.5) is 0 Å². The molecule has 0 saturated carbocycles. The van der Waals surface area contributed by atoms with Gasteiger partial charge in [-0.3, -0.25) is 9.59 Å². The molecule has 0 aromatic heterocycles. The van der Waals surface area contributed by atoms with Crippen LogP contribution in [0, 0.1) is 0 Å². The topological polar surface area (TPSA) is 76.7 Å². The summed E-state index contributed by atoms with van der Waals surface area (Å²) in [5, 5.41) is 5.38. The molecule has 0 atom stereocenters. The van der Waals surface area contributed by atoms with Crippen molar-refractivity contribution in [2.75, 3.05) is 20.3 Å². The standard InChI is InChI=1S/C16H24N2O4/c1-16(2,3)18-15(20)11-14(19)17-9-10-22-13-7-5-12(21-4)6-8-13/h5-8H,9-11H2,1-4H3,(H,17,19)(H,18,20). The van der Waals surface area contributed by atoms with E-state index in [4.69, 9.17) is 9.47 Å². The van der Waals surface area contributed by atoms with Crippen molar-refractivity contribution in [1.82, 2.24) is 10.6 Å². The van der Waals surface area contributed by atoms with Crippen molar-refractivity contribution in [3.05, 3.63) is 24.3 Å². The molecule has 0 aliphatic rings. The second-order valence-corrected chi connectivity index (χ2v) is 5.85. The first-order valence-electron chi connectivity index (χ1n) is 7.15. The van der Waals surface area contributed by atoms with E-state index in [0.717, 1.165) is 5.75 Å². The molecular weight excluding hydrogens is 284 g/mol. The minimum Gasteiger partial charge on any atom is -0.497 e. The minimum atomic E-state index is -0.338. The Bertz CT molecular complexity index is 492. The van der Waals surface area contributed by atoms with E-state index >= 15 is 0 Å². The average molecular weight is 308 g/mol. The van der Waals surface area contributed by atoms with Gasteiger partial charge in [0, 0.05) is 5.54 Å². The van der Waals surface area contributed by atoms with Crippen molar-refractivity contribution in [3.8, 4) is 11.5 Å². The summed E-state index contributed by atoms with van der Waals surface area (Å²) in [5.74, 6) is 0.840. The van der Waals surface area contributed by atoms with Gasteiger partial charge in [0.25, 0.3) is 0 Å². The number of ether oxygens (including phenoxy) is 2. The maximum atomic E-state index is 11.6. The Morgan fingerprint density at radius 1 is 1.05 bits per heavy atom. The molecule has 1 aromatic rings. The monoisotopic (exact) mass is 308 g/mol. The lowest BCUT2D eigenvalue weighted by Gasteiger charge is -2.20.